The molecule has 1 N–H and O–H groups in total. The fraction of sp³-hybridized carbons (Fsp3) is 0.400. The van der Waals surface area contributed by atoms with Gasteiger partial charge in [-0.05, 0) is 62.1 Å². The Balaban J connectivity index is 1.70. The molecule has 2 aromatic rings. The van der Waals surface area contributed by atoms with Crippen LogP contribution in [0.15, 0.2) is 36.5 Å². The van der Waals surface area contributed by atoms with Gasteiger partial charge < -0.3 is 9.84 Å². The molecule has 0 aliphatic carbocycles. The summed E-state index contributed by atoms with van der Waals surface area (Å²) in [6.45, 7) is 6.01. The van der Waals surface area contributed by atoms with Crippen LogP contribution in [0.1, 0.15) is 35.2 Å². The number of hydrogen-bond acceptors (Lipinski definition) is 4. The monoisotopic (exact) mass is 340 g/mol. The summed E-state index contributed by atoms with van der Waals surface area (Å²) in [6, 6.07) is 9.61. The molecule has 5 heteroatoms. The zero-order chi connectivity index (χ0) is 17.8. The van der Waals surface area contributed by atoms with E-state index in [4.69, 9.17) is 4.74 Å². The number of nitrogens with zero attached hydrogens (tertiary/aromatic N) is 2. The van der Waals surface area contributed by atoms with Crippen molar-refractivity contribution in [3.8, 4) is 5.75 Å². The first-order valence-electron chi connectivity index (χ1n) is 8.64. The van der Waals surface area contributed by atoms with Gasteiger partial charge in [0.05, 0.1) is 5.69 Å². The van der Waals surface area contributed by atoms with Crippen LogP contribution in [0.25, 0.3) is 0 Å². The standard InChI is InChI=1S/C20H24N2O3/c1-14-10-16(12-22-9-5-7-18(22)20(23)24)11-15(2)19(14)25-13-17-6-3-4-8-21-17/h3-4,6,8,10-11,18H,5,7,9,12-13H2,1-2H3,(H,23,24). The molecule has 1 aromatic heterocycles. The van der Waals surface area contributed by atoms with E-state index in [-0.39, 0.29) is 6.04 Å². The van der Waals surface area contributed by atoms with Crippen molar-refractivity contribution >= 4 is 5.97 Å². The number of pyridine rings is 1. The summed E-state index contributed by atoms with van der Waals surface area (Å²) in [5.74, 6) is 0.159. The molecule has 132 valence electrons. The lowest BCUT2D eigenvalue weighted by Gasteiger charge is -2.22. The summed E-state index contributed by atoms with van der Waals surface area (Å²) in [5, 5.41) is 9.33. The Morgan fingerprint density at radius 3 is 2.72 bits per heavy atom. The Morgan fingerprint density at radius 1 is 1.32 bits per heavy atom. The van der Waals surface area contributed by atoms with Gasteiger partial charge in [0.25, 0.3) is 0 Å². The Morgan fingerprint density at radius 2 is 2.08 bits per heavy atom. The van der Waals surface area contributed by atoms with E-state index in [0.717, 1.165) is 47.5 Å². The molecule has 1 aromatic carbocycles. The van der Waals surface area contributed by atoms with Gasteiger partial charge in [-0.25, -0.2) is 0 Å². The molecule has 3 rings (SSSR count). The summed E-state index contributed by atoms with van der Waals surface area (Å²) >= 11 is 0. The second-order valence-electron chi connectivity index (χ2n) is 6.64. The molecule has 5 nitrogen and oxygen atoms in total. The first-order chi connectivity index (χ1) is 12.0. The molecule has 25 heavy (non-hydrogen) atoms. The van der Waals surface area contributed by atoms with Gasteiger partial charge in [-0.3, -0.25) is 14.7 Å². The number of benzene rings is 1. The van der Waals surface area contributed by atoms with Crippen LogP contribution in [0, 0.1) is 13.8 Å². The SMILES string of the molecule is Cc1cc(CN2CCCC2C(=O)O)cc(C)c1OCc1ccccn1. The van der Waals surface area contributed by atoms with E-state index in [0.29, 0.717) is 13.2 Å². The fourth-order valence-electron chi connectivity index (χ4n) is 3.52. The average molecular weight is 340 g/mol. The van der Waals surface area contributed by atoms with E-state index < -0.39 is 5.97 Å². The predicted octanol–water partition coefficient (Wildman–Crippen LogP) is 3.33. The van der Waals surface area contributed by atoms with E-state index in [1.807, 2.05) is 36.9 Å². The number of likely N-dealkylation sites (tertiary alicyclic amines) is 1. The maximum atomic E-state index is 11.3. The number of hydrogen-bond donors (Lipinski definition) is 1. The van der Waals surface area contributed by atoms with Crippen LogP contribution in [0.4, 0.5) is 0 Å². The second-order valence-corrected chi connectivity index (χ2v) is 6.64. The average Bonchev–Trinajstić information content (AvgIpc) is 3.03. The molecule has 0 radical (unpaired) electrons. The van der Waals surface area contributed by atoms with Gasteiger partial charge in [0.2, 0.25) is 0 Å². The first kappa shape index (κ1) is 17.4. The zero-order valence-electron chi connectivity index (χ0n) is 14.7. The summed E-state index contributed by atoms with van der Waals surface area (Å²) in [4.78, 5) is 17.7. The molecule has 0 spiro atoms. The quantitative estimate of drug-likeness (QED) is 0.874. The molecule has 0 bridgehead atoms. The van der Waals surface area contributed by atoms with Gasteiger partial charge in [0.1, 0.15) is 18.4 Å². The highest BCUT2D eigenvalue weighted by Gasteiger charge is 2.30. The van der Waals surface area contributed by atoms with Crippen molar-refractivity contribution < 1.29 is 14.6 Å². The smallest absolute Gasteiger partial charge is 0.320 e. The molecule has 1 aliphatic rings. The van der Waals surface area contributed by atoms with Crippen LogP contribution in [-0.2, 0) is 17.9 Å². The third kappa shape index (κ3) is 4.17. The van der Waals surface area contributed by atoms with Crippen molar-refractivity contribution in [1.29, 1.82) is 0 Å². The molecule has 1 aliphatic heterocycles. The zero-order valence-corrected chi connectivity index (χ0v) is 14.7. The lowest BCUT2D eigenvalue weighted by atomic mass is 10.0. The van der Waals surface area contributed by atoms with Crippen molar-refractivity contribution in [1.82, 2.24) is 9.88 Å². The maximum absolute atomic E-state index is 11.3. The molecule has 1 atom stereocenters. The van der Waals surface area contributed by atoms with Crippen LogP contribution in [-0.4, -0.2) is 33.5 Å². The highest BCUT2D eigenvalue weighted by Crippen LogP contribution is 2.28. The number of aryl methyl sites for hydroxylation is 2. The summed E-state index contributed by atoms with van der Waals surface area (Å²) in [5.41, 5.74) is 4.16. The van der Waals surface area contributed by atoms with E-state index >= 15 is 0 Å². The van der Waals surface area contributed by atoms with Crippen molar-refractivity contribution in [3.63, 3.8) is 0 Å². The normalized spacial score (nSPS) is 17.6. The number of ether oxygens (including phenoxy) is 1. The minimum atomic E-state index is -0.721. The van der Waals surface area contributed by atoms with Crippen molar-refractivity contribution in [2.24, 2.45) is 0 Å². The molecule has 0 saturated carbocycles. The maximum Gasteiger partial charge on any atom is 0.320 e. The Bertz CT molecular complexity index is 723. The van der Waals surface area contributed by atoms with E-state index in [1.54, 1.807) is 6.20 Å². The number of aromatic nitrogens is 1. The largest absolute Gasteiger partial charge is 0.487 e. The highest BCUT2D eigenvalue weighted by atomic mass is 16.5. The number of rotatable bonds is 6. The van der Waals surface area contributed by atoms with Gasteiger partial charge in [-0.15, -0.1) is 0 Å². The summed E-state index contributed by atoms with van der Waals surface area (Å²) < 4.78 is 5.97. The molecule has 1 unspecified atom stereocenters. The van der Waals surface area contributed by atoms with Gasteiger partial charge in [0, 0.05) is 12.7 Å². The van der Waals surface area contributed by atoms with Crippen LogP contribution in [0.2, 0.25) is 0 Å². The molecular formula is C20H24N2O3. The van der Waals surface area contributed by atoms with E-state index in [1.165, 1.54) is 0 Å². The van der Waals surface area contributed by atoms with E-state index in [9.17, 15) is 9.90 Å². The third-order valence-corrected chi connectivity index (χ3v) is 4.65. The van der Waals surface area contributed by atoms with Crippen molar-refractivity contribution in [2.75, 3.05) is 6.54 Å². The molecule has 1 saturated heterocycles. The molecule has 2 heterocycles. The number of aliphatic carboxylic acids is 1. The minimum Gasteiger partial charge on any atom is -0.487 e. The molecule has 1 fully saturated rings. The van der Waals surface area contributed by atoms with Crippen LogP contribution < -0.4 is 4.74 Å². The lowest BCUT2D eigenvalue weighted by Crippen LogP contribution is -2.35. The molecular weight excluding hydrogens is 316 g/mol. The summed E-state index contributed by atoms with van der Waals surface area (Å²) in [6.07, 6.45) is 3.44. The van der Waals surface area contributed by atoms with E-state index in [2.05, 4.69) is 17.1 Å². The minimum absolute atomic E-state index is 0.360. The van der Waals surface area contributed by atoms with Crippen molar-refractivity contribution in [3.05, 3.63) is 58.9 Å². The van der Waals surface area contributed by atoms with Gasteiger partial charge in [-0.2, -0.15) is 0 Å². The topological polar surface area (TPSA) is 62.7 Å². The van der Waals surface area contributed by atoms with Gasteiger partial charge >= 0.3 is 5.97 Å². The number of carboxylic acids is 1. The lowest BCUT2D eigenvalue weighted by molar-refractivity contribution is -0.142. The van der Waals surface area contributed by atoms with Gasteiger partial charge in [0.15, 0.2) is 0 Å². The van der Waals surface area contributed by atoms with Crippen molar-refractivity contribution in [2.45, 2.75) is 45.9 Å². The highest BCUT2D eigenvalue weighted by molar-refractivity contribution is 5.73. The van der Waals surface area contributed by atoms with Crippen LogP contribution in [0.3, 0.4) is 0 Å². The Kier molecular flexibility index (Phi) is 5.34. The Hall–Kier alpha value is -2.40. The number of carbonyl (C=O) groups is 1. The second kappa shape index (κ2) is 7.66. The predicted molar refractivity (Wildman–Crippen MR) is 95.6 cm³/mol. The fourth-order valence-corrected chi connectivity index (χ4v) is 3.52. The summed E-state index contributed by atoms with van der Waals surface area (Å²) in [7, 11) is 0. The van der Waals surface area contributed by atoms with Gasteiger partial charge in [-0.1, -0.05) is 18.2 Å². The first-order valence-corrected chi connectivity index (χ1v) is 8.64. The number of carboxylic acid groups (broad SMARTS) is 1. The van der Waals surface area contributed by atoms with Crippen LogP contribution >= 0.6 is 0 Å². The molecule has 0 amide bonds. The van der Waals surface area contributed by atoms with Crippen LogP contribution in [0.5, 0.6) is 5.75 Å². The Labute approximate surface area is 148 Å². The third-order valence-electron chi connectivity index (χ3n) is 4.65.